The predicted molar refractivity (Wildman–Crippen MR) is 84.9 cm³/mol. The molecule has 0 heterocycles. The van der Waals surface area contributed by atoms with Gasteiger partial charge in [0.05, 0.1) is 0 Å². The van der Waals surface area contributed by atoms with Crippen LogP contribution in [0.1, 0.15) is 22.7 Å². The highest BCUT2D eigenvalue weighted by Gasteiger charge is 2.15. The molecule has 3 heteroatoms. The van der Waals surface area contributed by atoms with Crippen molar-refractivity contribution in [2.45, 2.75) is 24.3 Å². The summed E-state index contributed by atoms with van der Waals surface area (Å²) in [5.41, 5.74) is 3.46. The van der Waals surface area contributed by atoms with Crippen LogP contribution in [0.2, 0.25) is 0 Å². The Morgan fingerprint density at radius 3 is 2.65 bits per heavy atom. The van der Waals surface area contributed by atoms with E-state index in [0.717, 1.165) is 17.5 Å². The third kappa shape index (κ3) is 3.41. The lowest BCUT2D eigenvalue weighted by molar-refractivity contribution is 0.575. The van der Waals surface area contributed by atoms with Crippen molar-refractivity contribution in [3.8, 4) is 0 Å². The second kappa shape index (κ2) is 6.91. The fraction of sp³-hybridized carbons (Fsp3) is 0.294. The molecule has 0 saturated heterocycles. The van der Waals surface area contributed by atoms with Crippen LogP contribution in [-0.2, 0) is 6.42 Å². The molecule has 0 aliphatic rings. The molecule has 1 unspecified atom stereocenters. The summed E-state index contributed by atoms with van der Waals surface area (Å²) < 4.78 is 13.4. The lowest BCUT2D eigenvalue weighted by atomic mass is 9.96. The molecule has 1 N–H and O–H groups in total. The van der Waals surface area contributed by atoms with Crippen LogP contribution in [0.25, 0.3) is 0 Å². The van der Waals surface area contributed by atoms with Crippen molar-refractivity contribution < 1.29 is 4.39 Å². The first-order valence-corrected chi connectivity index (χ1v) is 7.93. The predicted octanol–water partition coefficient (Wildman–Crippen LogP) is 4.36. The Kier molecular flexibility index (Phi) is 5.21. The minimum absolute atomic E-state index is 0.168. The molecule has 0 spiro atoms. The molecule has 0 fully saturated rings. The van der Waals surface area contributed by atoms with Gasteiger partial charge in [-0.15, -0.1) is 11.8 Å². The maximum atomic E-state index is 13.4. The Bertz CT molecular complexity index is 583. The number of likely N-dealkylation sites (N-methyl/N-ethyl adjacent to an activating group) is 1. The fourth-order valence-electron chi connectivity index (χ4n) is 2.40. The molecule has 1 atom stereocenters. The highest BCUT2D eigenvalue weighted by atomic mass is 32.2. The van der Waals surface area contributed by atoms with Gasteiger partial charge in [0.25, 0.3) is 0 Å². The Morgan fingerprint density at radius 1 is 1.20 bits per heavy atom. The smallest absolute Gasteiger partial charge is 0.123 e. The van der Waals surface area contributed by atoms with Crippen molar-refractivity contribution in [3.05, 3.63) is 65.0 Å². The molecule has 2 rings (SSSR count). The van der Waals surface area contributed by atoms with E-state index in [0.29, 0.717) is 0 Å². The molecule has 0 saturated carbocycles. The largest absolute Gasteiger partial charge is 0.313 e. The zero-order chi connectivity index (χ0) is 14.5. The third-order valence-electron chi connectivity index (χ3n) is 3.60. The van der Waals surface area contributed by atoms with E-state index in [9.17, 15) is 4.39 Å². The minimum atomic E-state index is -0.168. The molecular formula is C17H20FNS. The fourth-order valence-corrected chi connectivity index (χ4v) is 3.06. The lowest BCUT2D eigenvalue weighted by Crippen LogP contribution is -2.20. The summed E-state index contributed by atoms with van der Waals surface area (Å²) in [5, 5.41) is 3.35. The van der Waals surface area contributed by atoms with Gasteiger partial charge in [-0.1, -0.05) is 24.3 Å². The van der Waals surface area contributed by atoms with Crippen LogP contribution in [0.15, 0.2) is 47.4 Å². The molecule has 1 nitrogen and oxygen atoms in total. The van der Waals surface area contributed by atoms with Crippen LogP contribution >= 0.6 is 11.8 Å². The van der Waals surface area contributed by atoms with Crippen molar-refractivity contribution in [2.24, 2.45) is 0 Å². The average molecular weight is 289 g/mol. The Morgan fingerprint density at radius 2 is 1.95 bits per heavy atom. The number of nitrogens with one attached hydrogen (secondary N) is 1. The van der Waals surface area contributed by atoms with Gasteiger partial charge in [0.1, 0.15) is 5.82 Å². The summed E-state index contributed by atoms with van der Waals surface area (Å²) in [7, 11) is 1.95. The van der Waals surface area contributed by atoms with E-state index >= 15 is 0 Å². The monoisotopic (exact) mass is 289 g/mol. The molecule has 0 radical (unpaired) electrons. The minimum Gasteiger partial charge on any atom is -0.313 e. The van der Waals surface area contributed by atoms with E-state index in [-0.39, 0.29) is 11.9 Å². The van der Waals surface area contributed by atoms with E-state index in [2.05, 4.69) is 35.8 Å². The second-order valence-electron chi connectivity index (χ2n) is 4.86. The maximum Gasteiger partial charge on any atom is 0.123 e. The molecule has 0 amide bonds. The summed E-state index contributed by atoms with van der Waals surface area (Å²) in [6, 6.07) is 13.6. The third-order valence-corrected chi connectivity index (χ3v) is 4.41. The van der Waals surface area contributed by atoms with Crippen LogP contribution in [0.5, 0.6) is 0 Å². The Labute approximate surface area is 124 Å². The van der Waals surface area contributed by atoms with Gasteiger partial charge in [0.15, 0.2) is 0 Å². The molecule has 0 aromatic heterocycles. The average Bonchev–Trinajstić information content (AvgIpc) is 2.48. The summed E-state index contributed by atoms with van der Waals surface area (Å²) in [6.07, 6.45) is 2.87. The SMILES string of the molecule is CNC(Cc1cc(F)ccc1C)c1ccccc1SC. The van der Waals surface area contributed by atoms with Crippen LogP contribution in [0.4, 0.5) is 4.39 Å². The number of hydrogen-bond donors (Lipinski definition) is 1. The lowest BCUT2D eigenvalue weighted by Gasteiger charge is -2.20. The van der Waals surface area contributed by atoms with Gasteiger partial charge < -0.3 is 5.32 Å². The van der Waals surface area contributed by atoms with Crippen molar-refractivity contribution in [1.29, 1.82) is 0 Å². The van der Waals surface area contributed by atoms with Gasteiger partial charge in [-0.3, -0.25) is 0 Å². The Balaban J connectivity index is 2.31. The van der Waals surface area contributed by atoms with Crippen LogP contribution in [0.3, 0.4) is 0 Å². The molecule has 2 aromatic rings. The van der Waals surface area contributed by atoms with E-state index in [4.69, 9.17) is 0 Å². The quantitative estimate of drug-likeness (QED) is 0.821. The number of rotatable bonds is 5. The zero-order valence-electron chi connectivity index (χ0n) is 12.1. The first-order valence-electron chi connectivity index (χ1n) is 6.71. The number of thioether (sulfide) groups is 1. The summed E-state index contributed by atoms with van der Waals surface area (Å²) >= 11 is 1.74. The summed E-state index contributed by atoms with van der Waals surface area (Å²) in [4.78, 5) is 1.26. The number of benzene rings is 2. The maximum absolute atomic E-state index is 13.4. The van der Waals surface area contributed by atoms with Gasteiger partial charge >= 0.3 is 0 Å². The second-order valence-corrected chi connectivity index (χ2v) is 5.71. The van der Waals surface area contributed by atoms with Crippen molar-refractivity contribution >= 4 is 11.8 Å². The van der Waals surface area contributed by atoms with Crippen molar-refractivity contribution in [2.75, 3.05) is 13.3 Å². The molecule has 0 bridgehead atoms. The molecule has 0 aliphatic heterocycles. The first kappa shape index (κ1) is 15.1. The highest BCUT2D eigenvalue weighted by Crippen LogP contribution is 2.28. The molecule has 0 aliphatic carbocycles. The van der Waals surface area contributed by atoms with Gasteiger partial charge in [-0.25, -0.2) is 4.39 Å². The van der Waals surface area contributed by atoms with E-state index in [1.165, 1.54) is 16.5 Å². The van der Waals surface area contributed by atoms with E-state index < -0.39 is 0 Å². The van der Waals surface area contributed by atoms with Crippen LogP contribution < -0.4 is 5.32 Å². The topological polar surface area (TPSA) is 12.0 Å². The van der Waals surface area contributed by atoms with E-state index in [1.807, 2.05) is 20.0 Å². The van der Waals surface area contributed by atoms with E-state index in [1.54, 1.807) is 17.8 Å². The van der Waals surface area contributed by atoms with Gasteiger partial charge in [0.2, 0.25) is 0 Å². The van der Waals surface area contributed by atoms with Crippen molar-refractivity contribution in [3.63, 3.8) is 0 Å². The van der Waals surface area contributed by atoms with Gasteiger partial charge in [0, 0.05) is 10.9 Å². The molecule has 2 aromatic carbocycles. The number of aryl methyl sites for hydroxylation is 1. The molecular weight excluding hydrogens is 269 g/mol. The Hall–Kier alpha value is -1.32. The first-order chi connectivity index (χ1) is 9.65. The van der Waals surface area contributed by atoms with Gasteiger partial charge in [-0.05, 0) is 61.5 Å². The molecule has 106 valence electrons. The normalized spacial score (nSPS) is 12.4. The van der Waals surface area contributed by atoms with Crippen LogP contribution in [-0.4, -0.2) is 13.3 Å². The van der Waals surface area contributed by atoms with Crippen molar-refractivity contribution in [1.82, 2.24) is 5.32 Å². The van der Waals surface area contributed by atoms with Crippen LogP contribution in [0, 0.1) is 12.7 Å². The number of hydrogen-bond acceptors (Lipinski definition) is 2. The number of halogens is 1. The zero-order valence-corrected chi connectivity index (χ0v) is 12.9. The van der Waals surface area contributed by atoms with Gasteiger partial charge in [-0.2, -0.15) is 0 Å². The summed E-state index contributed by atoms with van der Waals surface area (Å²) in [6.45, 7) is 2.03. The summed E-state index contributed by atoms with van der Waals surface area (Å²) in [5.74, 6) is -0.168. The molecule has 20 heavy (non-hydrogen) atoms. The standard InChI is InChI=1S/C17H20FNS/c1-12-8-9-14(18)10-13(12)11-16(19-2)15-6-4-5-7-17(15)20-3/h4-10,16,19H,11H2,1-3H3. The highest BCUT2D eigenvalue weighted by molar-refractivity contribution is 7.98.